The van der Waals surface area contributed by atoms with Crippen molar-refractivity contribution in [3.63, 3.8) is 0 Å². The van der Waals surface area contributed by atoms with E-state index in [9.17, 15) is 4.79 Å². The van der Waals surface area contributed by atoms with Crippen LogP contribution in [0.1, 0.15) is 32.6 Å². The van der Waals surface area contributed by atoms with Crippen LogP contribution < -0.4 is 0 Å². The molecule has 0 aromatic heterocycles. The van der Waals surface area contributed by atoms with Crippen molar-refractivity contribution in [3.8, 4) is 0 Å². The summed E-state index contributed by atoms with van der Waals surface area (Å²) in [7, 11) is 3.63. The fourth-order valence-electron chi connectivity index (χ4n) is 2.94. The predicted molar refractivity (Wildman–Crippen MR) is 66.9 cm³/mol. The molecule has 2 rings (SSSR count). The zero-order valence-corrected chi connectivity index (χ0v) is 11.2. The molecule has 1 aliphatic carbocycles. The average Bonchev–Trinajstić information content (AvgIpc) is 3.09. The maximum atomic E-state index is 11.5. The van der Waals surface area contributed by atoms with Crippen LogP contribution in [0.2, 0.25) is 0 Å². The highest BCUT2D eigenvalue weighted by atomic mass is 16.5. The molecule has 0 aromatic rings. The molecule has 0 aromatic carbocycles. The third-order valence-electron chi connectivity index (χ3n) is 3.98. The quantitative estimate of drug-likeness (QED) is 0.692. The monoisotopic (exact) mass is 240 g/mol. The van der Waals surface area contributed by atoms with Gasteiger partial charge >= 0.3 is 5.97 Å². The summed E-state index contributed by atoms with van der Waals surface area (Å²) in [5, 5.41) is 0. The lowest BCUT2D eigenvalue weighted by Crippen LogP contribution is -2.46. The summed E-state index contributed by atoms with van der Waals surface area (Å²) in [4.78, 5) is 16.4. The summed E-state index contributed by atoms with van der Waals surface area (Å²) in [5.41, 5.74) is 0. The minimum Gasteiger partial charge on any atom is -0.469 e. The molecule has 0 N–H and O–H groups in total. The molecule has 4 nitrogen and oxygen atoms in total. The van der Waals surface area contributed by atoms with Crippen molar-refractivity contribution in [1.82, 2.24) is 9.80 Å². The molecule has 0 radical (unpaired) electrons. The van der Waals surface area contributed by atoms with Crippen LogP contribution in [0.5, 0.6) is 0 Å². The van der Waals surface area contributed by atoms with E-state index < -0.39 is 0 Å². The Kier molecular flexibility index (Phi) is 4.05. The molecule has 0 spiro atoms. The molecular formula is C13H24N2O2. The van der Waals surface area contributed by atoms with E-state index in [2.05, 4.69) is 23.8 Å². The minimum atomic E-state index is -0.0804. The number of likely N-dealkylation sites (N-methyl/N-ethyl adjacent to an activating group) is 1. The molecule has 1 saturated carbocycles. The van der Waals surface area contributed by atoms with Crippen molar-refractivity contribution in [2.45, 2.75) is 50.7 Å². The van der Waals surface area contributed by atoms with Crippen LogP contribution in [0, 0.1) is 0 Å². The standard InChI is InChI=1S/C13H24N2O2/c1-10-6-7-14(2)9-12(8-13(16)17-3)15(10)11-4-5-11/h10-12H,4-9H2,1-3H3. The van der Waals surface area contributed by atoms with Crippen molar-refractivity contribution >= 4 is 5.97 Å². The van der Waals surface area contributed by atoms with Crippen molar-refractivity contribution < 1.29 is 9.53 Å². The Hall–Kier alpha value is -0.610. The lowest BCUT2D eigenvalue weighted by molar-refractivity contribution is -0.142. The maximum Gasteiger partial charge on any atom is 0.307 e. The van der Waals surface area contributed by atoms with Gasteiger partial charge in [0.05, 0.1) is 13.5 Å². The summed E-state index contributed by atoms with van der Waals surface area (Å²) in [6, 6.07) is 1.63. The van der Waals surface area contributed by atoms with E-state index in [0.29, 0.717) is 24.5 Å². The van der Waals surface area contributed by atoms with Gasteiger partial charge in [-0.25, -0.2) is 0 Å². The molecule has 17 heavy (non-hydrogen) atoms. The van der Waals surface area contributed by atoms with Crippen LogP contribution >= 0.6 is 0 Å². The predicted octanol–water partition coefficient (Wildman–Crippen LogP) is 1.11. The number of methoxy groups -OCH3 is 1. The van der Waals surface area contributed by atoms with E-state index in [1.54, 1.807) is 0 Å². The zero-order chi connectivity index (χ0) is 12.4. The smallest absolute Gasteiger partial charge is 0.307 e. The van der Waals surface area contributed by atoms with Gasteiger partial charge in [0.25, 0.3) is 0 Å². The molecule has 0 bridgehead atoms. The SMILES string of the molecule is COC(=O)CC1CN(C)CCC(C)N1C1CC1. The summed E-state index contributed by atoms with van der Waals surface area (Å²) in [6.45, 7) is 4.40. The fourth-order valence-corrected chi connectivity index (χ4v) is 2.94. The Labute approximate surface area is 104 Å². The molecule has 0 amide bonds. The van der Waals surface area contributed by atoms with Crippen LogP contribution in [0.4, 0.5) is 0 Å². The van der Waals surface area contributed by atoms with Crippen LogP contribution in [0.3, 0.4) is 0 Å². The summed E-state index contributed by atoms with van der Waals surface area (Å²) < 4.78 is 4.83. The van der Waals surface area contributed by atoms with Gasteiger partial charge in [-0.3, -0.25) is 9.69 Å². The first-order chi connectivity index (χ1) is 8.11. The molecule has 2 unspecified atom stereocenters. The largest absolute Gasteiger partial charge is 0.469 e. The van der Waals surface area contributed by atoms with Gasteiger partial charge in [-0.2, -0.15) is 0 Å². The Bertz CT molecular complexity index is 279. The molecule has 2 fully saturated rings. The normalized spacial score (nSPS) is 32.2. The molecule has 98 valence electrons. The van der Waals surface area contributed by atoms with Gasteiger partial charge in [-0.15, -0.1) is 0 Å². The number of hydrogen-bond donors (Lipinski definition) is 0. The van der Waals surface area contributed by atoms with Crippen LogP contribution in [0.25, 0.3) is 0 Å². The molecular weight excluding hydrogens is 216 g/mol. The second-order valence-electron chi connectivity index (χ2n) is 5.51. The number of esters is 1. The van der Waals surface area contributed by atoms with Gasteiger partial charge in [-0.05, 0) is 39.8 Å². The van der Waals surface area contributed by atoms with Gasteiger partial charge < -0.3 is 9.64 Å². The number of rotatable bonds is 3. The van der Waals surface area contributed by atoms with E-state index in [1.807, 2.05) is 0 Å². The van der Waals surface area contributed by atoms with Gasteiger partial charge in [0.2, 0.25) is 0 Å². The summed E-state index contributed by atoms with van der Waals surface area (Å²) in [6.07, 6.45) is 4.32. The van der Waals surface area contributed by atoms with E-state index in [0.717, 1.165) is 13.1 Å². The second-order valence-corrected chi connectivity index (χ2v) is 5.51. The molecule has 2 atom stereocenters. The Morgan fingerprint density at radius 1 is 1.35 bits per heavy atom. The molecule has 4 heteroatoms. The first-order valence-corrected chi connectivity index (χ1v) is 6.64. The first kappa shape index (κ1) is 12.8. The third-order valence-corrected chi connectivity index (χ3v) is 3.98. The Morgan fingerprint density at radius 3 is 2.65 bits per heavy atom. The lowest BCUT2D eigenvalue weighted by Gasteiger charge is -2.34. The highest BCUT2D eigenvalue weighted by Gasteiger charge is 2.39. The Morgan fingerprint density at radius 2 is 2.06 bits per heavy atom. The zero-order valence-electron chi connectivity index (χ0n) is 11.2. The average molecular weight is 240 g/mol. The molecule has 1 saturated heterocycles. The van der Waals surface area contributed by atoms with Crippen molar-refractivity contribution in [1.29, 1.82) is 0 Å². The van der Waals surface area contributed by atoms with Gasteiger partial charge in [0.15, 0.2) is 0 Å². The summed E-state index contributed by atoms with van der Waals surface area (Å²) in [5.74, 6) is -0.0804. The van der Waals surface area contributed by atoms with Gasteiger partial charge in [0.1, 0.15) is 0 Å². The summed E-state index contributed by atoms with van der Waals surface area (Å²) >= 11 is 0. The Balaban J connectivity index is 2.07. The van der Waals surface area contributed by atoms with Gasteiger partial charge in [0, 0.05) is 24.7 Å². The molecule has 1 heterocycles. The minimum absolute atomic E-state index is 0.0804. The lowest BCUT2D eigenvalue weighted by atomic mass is 10.1. The van der Waals surface area contributed by atoms with Gasteiger partial charge in [-0.1, -0.05) is 0 Å². The topological polar surface area (TPSA) is 32.8 Å². The molecule has 1 aliphatic heterocycles. The number of hydrogen-bond acceptors (Lipinski definition) is 4. The van der Waals surface area contributed by atoms with E-state index in [4.69, 9.17) is 4.74 Å². The fraction of sp³-hybridized carbons (Fsp3) is 0.923. The number of carbonyl (C=O) groups excluding carboxylic acids is 1. The van der Waals surface area contributed by atoms with E-state index in [1.165, 1.54) is 26.4 Å². The van der Waals surface area contributed by atoms with Crippen molar-refractivity contribution in [3.05, 3.63) is 0 Å². The van der Waals surface area contributed by atoms with Crippen LogP contribution in [-0.4, -0.2) is 61.1 Å². The number of carbonyl (C=O) groups is 1. The maximum absolute atomic E-state index is 11.5. The third kappa shape index (κ3) is 3.19. The highest BCUT2D eigenvalue weighted by Crippen LogP contribution is 2.33. The molecule has 2 aliphatic rings. The van der Waals surface area contributed by atoms with Crippen molar-refractivity contribution in [2.24, 2.45) is 0 Å². The highest BCUT2D eigenvalue weighted by molar-refractivity contribution is 5.70. The number of ether oxygens (including phenoxy) is 1. The second kappa shape index (κ2) is 5.36. The number of nitrogens with zero attached hydrogens (tertiary/aromatic N) is 2. The van der Waals surface area contributed by atoms with Crippen LogP contribution in [0.15, 0.2) is 0 Å². The first-order valence-electron chi connectivity index (χ1n) is 6.64. The van der Waals surface area contributed by atoms with Crippen molar-refractivity contribution in [2.75, 3.05) is 27.2 Å². The van der Waals surface area contributed by atoms with E-state index >= 15 is 0 Å². The van der Waals surface area contributed by atoms with E-state index in [-0.39, 0.29) is 5.97 Å². The van der Waals surface area contributed by atoms with Crippen LogP contribution in [-0.2, 0) is 9.53 Å².